The molecule has 2 heterocycles. The third-order valence-electron chi connectivity index (χ3n) is 4.67. The Morgan fingerprint density at radius 3 is 2.80 bits per heavy atom. The van der Waals surface area contributed by atoms with Crippen molar-refractivity contribution in [2.24, 2.45) is 5.92 Å². The highest BCUT2D eigenvalue weighted by Crippen LogP contribution is 2.19. The first kappa shape index (κ1) is 17.5. The van der Waals surface area contributed by atoms with Gasteiger partial charge in [0, 0.05) is 43.8 Å². The van der Waals surface area contributed by atoms with Crippen LogP contribution in [0, 0.1) is 5.92 Å². The number of amides is 2. The lowest BCUT2D eigenvalue weighted by Gasteiger charge is -2.38. The number of carbonyl (C=O) groups excluding carboxylic acids is 1. The second-order valence-electron chi connectivity index (χ2n) is 6.52. The number of nitrogens with zero attached hydrogens (tertiary/aromatic N) is 1. The molecule has 6 nitrogen and oxygen atoms in total. The summed E-state index contributed by atoms with van der Waals surface area (Å²) in [5.41, 5.74) is 2.18. The minimum Gasteiger partial charge on any atom is -0.472 e. The Morgan fingerprint density at radius 1 is 1.24 bits per heavy atom. The summed E-state index contributed by atoms with van der Waals surface area (Å²) in [6, 6.07) is 11.8. The standard InChI is InChI=1S/C19H25N3O3/c23-13-17-6-8-22(11-15-4-2-1-3-5-15)12-18(17)21-19(24)20-10-16-7-9-25-14-16/h1-5,7,9,14,17-18,23H,6,8,10-13H2,(H2,20,21,24)/t17-,18+/m1/s1. The number of urea groups is 1. The molecule has 1 aromatic carbocycles. The molecule has 6 heteroatoms. The van der Waals surface area contributed by atoms with E-state index in [1.165, 1.54) is 5.56 Å². The van der Waals surface area contributed by atoms with Crippen LogP contribution in [0.2, 0.25) is 0 Å². The average molecular weight is 343 g/mol. The summed E-state index contributed by atoms with van der Waals surface area (Å²) in [6.07, 6.45) is 4.06. The number of aliphatic hydroxyl groups is 1. The SMILES string of the molecule is O=C(NCc1ccoc1)N[C@H]1CN(Cc2ccccc2)CC[C@@H]1CO. The maximum absolute atomic E-state index is 12.2. The van der Waals surface area contributed by atoms with E-state index in [1.807, 2.05) is 24.3 Å². The molecule has 2 amide bonds. The topological polar surface area (TPSA) is 77.7 Å². The van der Waals surface area contributed by atoms with Gasteiger partial charge in [0.1, 0.15) is 0 Å². The molecule has 0 aliphatic carbocycles. The molecule has 1 fully saturated rings. The molecule has 134 valence electrons. The number of aliphatic hydroxyl groups excluding tert-OH is 1. The van der Waals surface area contributed by atoms with Gasteiger partial charge in [-0.2, -0.15) is 0 Å². The Morgan fingerprint density at radius 2 is 2.08 bits per heavy atom. The molecular formula is C19H25N3O3. The highest BCUT2D eigenvalue weighted by atomic mass is 16.3. The lowest BCUT2D eigenvalue weighted by Crippen LogP contribution is -2.55. The number of likely N-dealkylation sites (tertiary alicyclic amines) is 1. The maximum atomic E-state index is 12.2. The monoisotopic (exact) mass is 343 g/mol. The maximum Gasteiger partial charge on any atom is 0.315 e. The smallest absolute Gasteiger partial charge is 0.315 e. The predicted molar refractivity (Wildman–Crippen MR) is 94.8 cm³/mol. The van der Waals surface area contributed by atoms with Gasteiger partial charge in [-0.15, -0.1) is 0 Å². The number of piperidine rings is 1. The van der Waals surface area contributed by atoms with Gasteiger partial charge in [-0.1, -0.05) is 30.3 Å². The molecule has 2 atom stereocenters. The van der Waals surface area contributed by atoms with Crippen molar-refractivity contribution in [1.29, 1.82) is 0 Å². The zero-order valence-electron chi connectivity index (χ0n) is 14.2. The van der Waals surface area contributed by atoms with E-state index < -0.39 is 0 Å². The van der Waals surface area contributed by atoms with Crippen LogP contribution in [0.4, 0.5) is 4.79 Å². The molecule has 3 N–H and O–H groups in total. The molecule has 1 aliphatic heterocycles. The molecule has 25 heavy (non-hydrogen) atoms. The van der Waals surface area contributed by atoms with Crippen molar-refractivity contribution in [2.75, 3.05) is 19.7 Å². The Kier molecular flexibility index (Phi) is 6.09. The van der Waals surface area contributed by atoms with Crippen LogP contribution >= 0.6 is 0 Å². The van der Waals surface area contributed by atoms with Gasteiger partial charge in [0.25, 0.3) is 0 Å². The van der Waals surface area contributed by atoms with Gasteiger partial charge < -0.3 is 20.2 Å². The van der Waals surface area contributed by atoms with E-state index in [1.54, 1.807) is 12.5 Å². The fraction of sp³-hybridized carbons (Fsp3) is 0.421. The Hall–Kier alpha value is -2.31. The van der Waals surface area contributed by atoms with Gasteiger partial charge in [-0.25, -0.2) is 4.79 Å². The van der Waals surface area contributed by atoms with Gasteiger partial charge in [0.15, 0.2) is 0 Å². The van der Waals surface area contributed by atoms with Crippen molar-refractivity contribution in [2.45, 2.75) is 25.6 Å². The molecule has 1 saturated heterocycles. The van der Waals surface area contributed by atoms with Gasteiger partial charge in [-0.05, 0) is 24.6 Å². The van der Waals surface area contributed by atoms with E-state index in [-0.39, 0.29) is 24.6 Å². The summed E-state index contributed by atoms with van der Waals surface area (Å²) >= 11 is 0. The molecule has 0 unspecified atom stereocenters. The van der Waals surface area contributed by atoms with E-state index in [0.717, 1.165) is 31.6 Å². The van der Waals surface area contributed by atoms with Gasteiger partial charge in [0.05, 0.1) is 12.5 Å². The first-order valence-corrected chi connectivity index (χ1v) is 8.67. The molecule has 0 bridgehead atoms. The number of rotatable bonds is 6. The number of hydrogen-bond acceptors (Lipinski definition) is 4. The van der Waals surface area contributed by atoms with Crippen molar-refractivity contribution in [3.05, 3.63) is 60.1 Å². The minimum atomic E-state index is -0.216. The molecule has 1 aromatic heterocycles. The van der Waals surface area contributed by atoms with Crippen LogP contribution < -0.4 is 10.6 Å². The molecule has 3 rings (SSSR count). The summed E-state index contributed by atoms with van der Waals surface area (Å²) in [7, 11) is 0. The van der Waals surface area contributed by atoms with E-state index >= 15 is 0 Å². The van der Waals surface area contributed by atoms with Crippen LogP contribution in [0.25, 0.3) is 0 Å². The van der Waals surface area contributed by atoms with Crippen molar-refractivity contribution in [3.63, 3.8) is 0 Å². The van der Waals surface area contributed by atoms with Crippen molar-refractivity contribution < 1.29 is 14.3 Å². The van der Waals surface area contributed by atoms with Gasteiger partial charge in [-0.3, -0.25) is 4.90 Å². The fourth-order valence-electron chi connectivity index (χ4n) is 3.23. The largest absolute Gasteiger partial charge is 0.472 e. The van der Waals surface area contributed by atoms with Crippen LogP contribution in [0.5, 0.6) is 0 Å². The summed E-state index contributed by atoms with van der Waals surface area (Å²) < 4.78 is 4.99. The minimum absolute atomic E-state index is 0.0631. The fourth-order valence-corrected chi connectivity index (χ4v) is 3.23. The molecule has 1 aliphatic rings. The van der Waals surface area contributed by atoms with Crippen LogP contribution in [0.15, 0.2) is 53.3 Å². The lowest BCUT2D eigenvalue weighted by atomic mass is 9.92. The van der Waals surface area contributed by atoms with E-state index in [0.29, 0.717) is 6.54 Å². The van der Waals surface area contributed by atoms with Gasteiger partial charge >= 0.3 is 6.03 Å². The number of benzene rings is 1. The molecule has 0 radical (unpaired) electrons. The van der Waals surface area contributed by atoms with Crippen molar-refractivity contribution in [3.8, 4) is 0 Å². The first-order chi connectivity index (χ1) is 12.2. The van der Waals surface area contributed by atoms with Crippen molar-refractivity contribution in [1.82, 2.24) is 15.5 Å². The van der Waals surface area contributed by atoms with Crippen LogP contribution in [0.1, 0.15) is 17.5 Å². The number of hydrogen-bond donors (Lipinski definition) is 3. The summed E-state index contributed by atoms with van der Waals surface area (Å²) in [6.45, 7) is 3.03. The summed E-state index contributed by atoms with van der Waals surface area (Å²) in [5, 5.41) is 15.5. The average Bonchev–Trinajstić information content (AvgIpc) is 3.15. The molecule has 0 saturated carbocycles. The molecule has 0 spiro atoms. The van der Waals surface area contributed by atoms with E-state index in [2.05, 4.69) is 27.7 Å². The van der Waals surface area contributed by atoms with Crippen LogP contribution in [0.3, 0.4) is 0 Å². The quantitative estimate of drug-likeness (QED) is 0.749. The number of nitrogens with one attached hydrogen (secondary N) is 2. The number of carbonyl (C=O) groups is 1. The van der Waals surface area contributed by atoms with Gasteiger partial charge in [0.2, 0.25) is 0 Å². The highest BCUT2D eigenvalue weighted by Gasteiger charge is 2.29. The second kappa shape index (κ2) is 8.69. The van der Waals surface area contributed by atoms with Crippen LogP contribution in [-0.4, -0.2) is 41.8 Å². The van der Waals surface area contributed by atoms with Crippen molar-refractivity contribution >= 4 is 6.03 Å². The van der Waals surface area contributed by atoms with Crippen LogP contribution in [-0.2, 0) is 13.1 Å². The summed E-state index contributed by atoms with van der Waals surface area (Å²) in [4.78, 5) is 14.5. The lowest BCUT2D eigenvalue weighted by molar-refractivity contribution is 0.0946. The normalized spacial score (nSPS) is 21.0. The Labute approximate surface area is 147 Å². The summed E-state index contributed by atoms with van der Waals surface area (Å²) in [5.74, 6) is 0.0895. The third-order valence-corrected chi connectivity index (χ3v) is 4.67. The zero-order chi connectivity index (χ0) is 17.5. The third kappa shape index (κ3) is 5.08. The highest BCUT2D eigenvalue weighted by molar-refractivity contribution is 5.74. The first-order valence-electron chi connectivity index (χ1n) is 8.67. The van der Waals surface area contributed by atoms with E-state index in [4.69, 9.17) is 4.42 Å². The number of furan rings is 1. The molecule has 2 aromatic rings. The van der Waals surface area contributed by atoms with E-state index in [9.17, 15) is 9.90 Å². The zero-order valence-corrected chi connectivity index (χ0v) is 14.2. The molecular weight excluding hydrogens is 318 g/mol. The predicted octanol–water partition coefficient (Wildman–Crippen LogP) is 1.96. The second-order valence-corrected chi connectivity index (χ2v) is 6.52. The Balaban J connectivity index is 1.52. The Bertz CT molecular complexity index is 645.